The molecule has 8 heavy (non-hydrogen) atoms. The van der Waals surface area contributed by atoms with Crippen molar-refractivity contribution in [3.63, 3.8) is 0 Å². The summed E-state index contributed by atoms with van der Waals surface area (Å²) in [5, 5.41) is 0.625. The van der Waals surface area contributed by atoms with E-state index < -0.39 is 0 Å². The Kier molecular flexibility index (Phi) is 2.43. The molecule has 1 aliphatic heterocycles. The zero-order valence-corrected chi connectivity index (χ0v) is 5.78. The zero-order valence-electron chi connectivity index (χ0n) is 4.96. The second-order valence-corrected chi connectivity index (χ2v) is 3.03. The molecule has 0 fully saturated rings. The fourth-order valence-electron chi connectivity index (χ4n) is 0.710. The molecule has 1 rings (SSSR count). The van der Waals surface area contributed by atoms with Gasteiger partial charge in [0, 0.05) is 18.1 Å². The van der Waals surface area contributed by atoms with E-state index in [9.17, 15) is 0 Å². The number of rotatable bonds is 2. The van der Waals surface area contributed by atoms with E-state index in [1.54, 1.807) is 7.11 Å². The highest BCUT2D eigenvalue weighted by Crippen LogP contribution is 2.18. The van der Waals surface area contributed by atoms with Crippen molar-refractivity contribution in [2.75, 3.05) is 19.5 Å². The van der Waals surface area contributed by atoms with Crippen molar-refractivity contribution in [2.24, 2.45) is 0 Å². The number of hydrogen-bond donors (Lipinski definition) is 0. The summed E-state index contributed by atoms with van der Waals surface area (Å²) in [5.41, 5.74) is 0. The van der Waals surface area contributed by atoms with Crippen LogP contribution in [0.2, 0.25) is 0 Å². The highest BCUT2D eigenvalue weighted by Gasteiger charge is 2.07. The molecular formula is C6H10OS. The molecule has 1 atom stereocenters. The van der Waals surface area contributed by atoms with Gasteiger partial charge < -0.3 is 4.74 Å². The quantitative estimate of drug-likeness (QED) is 0.521. The molecule has 0 spiro atoms. The normalized spacial score (nSPS) is 26.9. The minimum absolute atomic E-state index is 0.625. The number of ether oxygens (including phenoxy) is 1. The molecule has 0 unspecified atom stereocenters. The molecule has 0 N–H and O–H groups in total. The molecule has 0 saturated heterocycles. The van der Waals surface area contributed by atoms with Gasteiger partial charge in [-0.3, -0.25) is 0 Å². The second-order valence-electron chi connectivity index (χ2n) is 1.76. The van der Waals surface area contributed by atoms with Crippen LogP contribution in [0.15, 0.2) is 12.2 Å². The summed E-state index contributed by atoms with van der Waals surface area (Å²) >= 11 is 1.93. The molecule has 0 saturated carbocycles. The van der Waals surface area contributed by atoms with Gasteiger partial charge in [-0.25, -0.2) is 0 Å². The first-order valence-electron chi connectivity index (χ1n) is 2.70. The monoisotopic (exact) mass is 130 g/mol. The molecule has 1 heterocycles. The predicted octanol–water partition coefficient (Wildman–Crippen LogP) is 1.30. The number of hydrogen-bond acceptors (Lipinski definition) is 2. The first kappa shape index (κ1) is 6.17. The van der Waals surface area contributed by atoms with Crippen molar-refractivity contribution in [3.8, 4) is 0 Å². The van der Waals surface area contributed by atoms with E-state index in [1.165, 1.54) is 0 Å². The van der Waals surface area contributed by atoms with Crippen molar-refractivity contribution in [1.82, 2.24) is 0 Å². The lowest BCUT2D eigenvalue weighted by Crippen LogP contribution is -2.03. The summed E-state index contributed by atoms with van der Waals surface area (Å²) in [4.78, 5) is 0. The van der Waals surface area contributed by atoms with E-state index >= 15 is 0 Å². The van der Waals surface area contributed by atoms with Crippen LogP contribution >= 0.6 is 11.8 Å². The Morgan fingerprint density at radius 2 is 2.75 bits per heavy atom. The third-order valence-corrected chi connectivity index (χ3v) is 2.19. The lowest BCUT2D eigenvalue weighted by Gasteiger charge is -2.02. The Morgan fingerprint density at radius 3 is 3.25 bits per heavy atom. The Morgan fingerprint density at radius 1 is 1.88 bits per heavy atom. The lowest BCUT2D eigenvalue weighted by molar-refractivity contribution is 0.208. The highest BCUT2D eigenvalue weighted by molar-refractivity contribution is 8.00. The molecular weight excluding hydrogens is 120 g/mol. The van der Waals surface area contributed by atoms with Gasteiger partial charge in [0.25, 0.3) is 0 Å². The van der Waals surface area contributed by atoms with E-state index in [-0.39, 0.29) is 0 Å². The van der Waals surface area contributed by atoms with E-state index in [1.807, 2.05) is 11.8 Å². The average Bonchev–Trinajstić information content (AvgIpc) is 2.19. The smallest absolute Gasteiger partial charge is 0.0616 e. The van der Waals surface area contributed by atoms with Crippen LogP contribution in [0.25, 0.3) is 0 Å². The van der Waals surface area contributed by atoms with Crippen LogP contribution in [0.1, 0.15) is 0 Å². The molecule has 0 radical (unpaired) electrons. The van der Waals surface area contributed by atoms with Gasteiger partial charge >= 0.3 is 0 Å². The zero-order chi connectivity index (χ0) is 5.82. The second kappa shape index (κ2) is 3.15. The minimum atomic E-state index is 0.625. The van der Waals surface area contributed by atoms with E-state index in [0.29, 0.717) is 5.25 Å². The van der Waals surface area contributed by atoms with Crippen LogP contribution in [0.5, 0.6) is 0 Å². The standard InChI is InChI=1S/C6H10OS/c1-7-5-6-3-2-4-8-6/h2-3,6H,4-5H2,1H3/t6-/m1/s1. The van der Waals surface area contributed by atoms with Gasteiger partial charge in [-0.2, -0.15) is 0 Å². The Balaban J connectivity index is 2.16. The van der Waals surface area contributed by atoms with Gasteiger partial charge in [0.2, 0.25) is 0 Å². The third kappa shape index (κ3) is 1.53. The Bertz CT molecular complexity index is 90.5. The van der Waals surface area contributed by atoms with Crippen LogP contribution < -0.4 is 0 Å². The van der Waals surface area contributed by atoms with Gasteiger partial charge in [0.15, 0.2) is 0 Å². The summed E-state index contributed by atoms with van der Waals surface area (Å²) in [6.45, 7) is 0.862. The molecule has 1 aliphatic rings. The summed E-state index contributed by atoms with van der Waals surface area (Å²) in [6, 6.07) is 0. The number of methoxy groups -OCH3 is 1. The third-order valence-electron chi connectivity index (χ3n) is 1.09. The fraction of sp³-hybridized carbons (Fsp3) is 0.667. The van der Waals surface area contributed by atoms with Crippen LogP contribution in [-0.2, 0) is 4.74 Å². The molecule has 0 aliphatic carbocycles. The first-order valence-corrected chi connectivity index (χ1v) is 3.75. The summed E-state index contributed by atoms with van der Waals surface area (Å²) < 4.78 is 4.95. The van der Waals surface area contributed by atoms with Crippen LogP contribution in [0.4, 0.5) is 0 Å². The minimum Gasteiger partial charge on any atom is -0.383 e. The van der Waals surface area contributed by atoms with Crippen molar-refractivity contribution < 1.29 is 4.74 Å². The molecule has 0 aromatic carbocycles. The van der Waals surface area contributed by atoms with Gasteiger partial charge in [-0.15, -0.1) is 11.8 Å². The summed E-state index contributed by atoms with van der Waals surface area (Å²) in [5.74, 6) is 1.16. The van der Waals surface area contributed by atoms with Crippen LogP contribution in [0.3, 0.4) is 0 Å². The van der Waals surface area contributed by atoms with Gasteiger partial charge in [0.1, 0.15) is 0 Å². The van der Waals surface area contributed by atoms with Crippen molar-refractivity contribution in [1.29, 1.82) is 0 Å². The predicted molar refractivity (Wildman–Crippen MR) is 37.3 cm³/mol. The van der Waals surface area contributed by atoms with Crippen molar-refractivity contribution in [3.05, 3.63) is 12.2 Å². The molecule has 0 aromatic heterocycles. The SMILES string of the molecule is COC[C@H]1C=CCS1. The lowest BCUT2D eigenvalue weighted by atomic mass is 10.4. The van der Waals surface area contributed by atoms with Gasteiger partial charge in [0.05, 0.1) is 6.61 Å². The largest absolute Gasteiger partial charge is 0.383 e. The van der Waals surface area contributed by atoms with E-state index in [4.69, 9.17) is 4.74 Å². The van der Waals surface area contributed by atoms with Crippen molar-refractivity contribution in [2.45, 2.75) is 5.25 Å². The fourth-order valence-corrected chi connectivity index (χ4v) is 1.63. The highest BCUT2D eigenvalue weighted by atomic mass is 32.2. The summed E-state index contributed by atoms with van der Waals surface area (Å²) in [7, 11) is 1.74. The first-order chi connectivity index (χ1) is 3.93. The van der Waals surface area contributed by atoms with Crippen LogP contribution in [0, 0.1) is 0 Å². The maximum absolute atomic E-state index is 4.95. The summed E-state index contributed by atoms with van der Waals surface area (Å²) in [6.07, 6.45) is 4.39. The Labute approximate surface area is 54.1 Å². The maximum Gasteiger partial charge on any atom is 0.0616 e. The molecule has 2 heteroatoms. The van der Waals surface area contributed by atoms with Gasteiger partial charge in [-0.1, -0.05) is 12.2 Å². The number of thioether (sulfide) groups is 1. The molecule has 1 nitrogen and oxygen atoms in total. The molecule has 46 valence electrons. The molecule has 0 aromatic rings. The van der Waals surface area contributed by atoms with E-state index in [0.717, 1.165) is 12.4 Å². The molecule has 0 amide bonds. The van der Waals surface area contributed by atoms with Gasteiger partial charge in [-0.05, 0) is 0 Å². The topological polar surface area (TPSA) is 9.23 Å². The molecule has 0 bridgehead atoms. The van der Waals surface area contributed by atoms with Crippen LogP contribution in [-0.4, -0.2) is 24.7 Å². The van der Waals surface area contributed by atoms with E-state index in [2.05, 4.69) is 12.2 Å². The maximum atomic E-state index is 4.95. The van der Waals surface area contributed by atoms with Crippen molar-refractivity contribution >= 4 is 11.8 Å². The Hall–Kier alpha value is 0.0500. The average molecular weight is 130 g/mol.